The number of nitro groups is 1. The zero-order valence-corrected chi connectivity index (χ0v) is 37.0. The molecule has 3 fully saturated rings. The molecule has 3 aromatic carbocycles. The number of hydrogen-bond acceptors (Lipinski definition) is 11. The molecular weight excluding hydrogens is 869 g/mol. The Kier molecular flexibility index (Phi) is 12.9. The van der Waals surface area contributed by atoms with Crippen molar-refractivity contribution < 1.29 is 32.4 Å². The lowest BCUT2D eigenvalue weighted by Gasteiger charge is -2.47. The molecule has 3 aliphatic rings. The van der Waals surface area contributed by atoms with Gasteiger partial charge in [0.25, 0.3) is 17.2 Å². The summed E-state index contributed by atoms with van der Waals surface area (Å²) in [6.07, 6.45) is 4.50. The fourth-order valence-corrected chi connectivity index (χ4v) is 9.80. The maximum absolute atomic E-state index is 13.7. The van der Waals surface area contributed by atoms with Crippen molar-refractivity contribution in [1.29, 1.82) is 0 Å². The number of amides is 1. The summed E-state index contributed by atoms with van der Waals surface area (Å²) in [6, 6.07) is 11.4. The van der Waals surface area contributed by atoms with Gasteiger partial charge in [-0.05, 0) is 112 Å². The number of nitrogens with one attached hydrogen (secondary N) is 2. The van der Waals surface area contributed by atoms with Gasteiger partial charge >= 0.3 is 11.9 Å². The van der Waals surface area contributed by atoms with E-state index in [2.05, 4.69) is 25.2 Å². The van der Waals surface area contributed by atoms with Crippen molar-refractivity contribution in [3.8, 4) is 17.2 Å². The van der Waals surface area contributed by atoms with E-state index in [4.69, 9.17) is 21.1 Å². The van der Waals surface area contributed by atoms with E-state index in [1.165, 1.54) is 16.8 Å². The molecule has 4 heterocycles. The van der Waals surface area contributed by atoms with Crippen molar-refractivity contribution in [2.75, 3.05) is 45.2 Å². The lowest BCUT2D eigenvalue weighted by atomic mass is 9.65. The van der Waals surface area contributed by atoms with Crippen molar-refractivity contribution >= 4 is 39.9 Å². The van der Waals surface area contributed by atoms with E-state index in [1.54, 1.807) is 51.3 Å². The molecule has 1 saturated carbocycles. The van der Waals surface area contributed by atoms with Crippen LogP contribution in [0.1, 0.15) is 91.6 Å². The summed E-state index contributed by atoms with van der Waals surface area (Å²) in [5.41, 5.74) is -1.33. The van der Waals surface area contributed by atoms with Crippen LogP contribution in [-0.4, -0.2) is 86.1 Å². The van der Waals surface area contributed by atoms with Crippen molar-refractivity contribution in [1.82, 2.24) is 29.3 Å². The molecule has 344 valence electrons. The zero-order valence-electron chi connectivity index (χ0n) is 36.3. The number of carbonyl (C=O) groups excluding carboxylic acids is 1. The van der Waals surface area contributed by atoms with Crippen LogP contribution in [0.15, 0.2) is 70.4 Å². The summed E-state index contributed by atoms with van der Waals surface area (Å²) in [5, 5.41) is 15.5. The number of hydrogen-bond donors (Lipinski definition) is 2. The van der Waals surface area contributed by atoms with Crippen molar-refractivity contribution in [3.05, 3.63) is 119 Å². The van der Waals surface area contributed by atoms with E-state index < -0.39 is 39.6 Å². The number of carbonyl (C=O) groups is 1. The van der Waals surface area contributed by atoms with Gasteiger partial charge in [-0.15, -0.1) is 0 Å². The fraction of sp³-hybridized carbons (Fsp3) is 0.457. The molecule has 19 heteroatoms. The number of methoxy groups -OCH3 is 1. The number of rotatable bonds is 11. The predicted molar refractivity (Wildman–Crippen MR) is 238 cm³/mol. The topological polar surface area (TPSA) is 178 Å². The Balaban J connectivity index is 0.844. The molecule has 2 aliphatic heterocycles. The minimum Gasteiger partial charge on any atom is -0.493 e. The number of aromatic amines is 1. The number of likely N-dealkylation sites (tertiary alicyclic amines) is 2. The number of ether oxygens (including phenoxy) is 2. The van der Waals surface area contributed by atoms with E-state index in [0.717, 1.165) is 83.1 Å². The molecule has 0 bridgehead atoms. The number of anilines is 1. The first-order chi connectivity index (χ1) is 31.0. The van der Waals surface area contributed by atoms with Crippen molar-refractivity contribution in [2.24, 2.45) is 11.3 Å². The highest BCUT2D eigenvalue weighted by atomic mass is 35.5. The first-order valence-electron chi connectivity index (χ1n) is 21.8. The number of H-pyrrole nitrogens is 1. The lowest BCUT2D eigenvalue weighted by molar-refractivity contribution is -0.385. The first kappa shape index (κ1) is 45.6. The van der Waals surface area contributed by atoms with Crippen molar-refractivity contribution in [2.45, 2.75) is 83.5 Å². The highest BCUT2D eigenvalue weighted by Gasteiger charge is 2.40. The van der Waals surface area contributed by atoms with Gasteiger partial charge in [-0.2, -0.15) is 13.2 Å². The average molecular weight is 919 g/mol. The number of fused-ring (bicyclic) bond motifs is 1. The molecular formula is C46H50ClF3N8O7. The summed E-state index contributed by atoms with van der Waals surface area (Å²) in [5.74, 6) is 2.19. The second kappa shape index (κ2) is 18.5. The van der Waals surface area contributed by atoms with Gasteiger partial charge < -0.3 is 24.6 Å². The molecule has 1 atom stereocenters. The van der Waals surface area contributed by atoms with Gasteiger partial charge in [-0.1, -0.05) is 11.6 Å². The fourth-order valence-electron chi connectivity index (χ4n) is 9.59. The number of benzene rings is 3. The molecule has 1 spiro atoms. The number of aromatic nitrogens is 4. The SMILES string of the molecule is COc1cc2nc(C)nc(NC(C)c3cc([N+](=O)[O-])cc(C(F)(F)F)c3)c2cc1OC1CCN(CC2CCC3(CC2)CCN(C(=O)c2ccc(Cl)c(-n4ccc(=O)[nH]c4=O)c2)CC3)CC1. The van der Waals surface area contributed by atoms with Gasteiger partial charge in [0.1, 0.15) is 17.7 Å². The molecule has 2 N–H and O–H groups in total. The van der Waals surface area contributed by atoms with Crippen LogP contribution in [0.3, 0.4) is 0 Å². The Labute approximate surface area is 377 Å². The Hall–Kier alpha value is -6.01. The zero-order chi connectivity index (χ0) is 46.2. The van der Waals surface area contributed by atoms with Gasteiger partial charge in [-0.3, -0.25) is 29.3 Å². The Morgan fingerprint density at radius 3 is 2.37 bits per heavy atom. The van der Waals surface area contributed by atoms with Crippen LogP contribution in [0.5, 0.6) is 11.5 Å². The number of non-ortho nitro benzene ring substituents is 1. The number of nitro benzene ring substituents is 1. The van der Waals surface area contributed by atoms with Gasteiger partial charge in [0, 0.05) is 74.1 Å². The van der Waals surface area contributed by atoms with Crippen LogP contribution >= 0.6 is 11.6 Å². The smallest absolute Gasteiger partial charge is 0.416 e. The van der Waals surface area contributed by atoms with E-state index in [1.807, 2.05) is 4.90 Å². The van der Waals surface area contributed by atoms with Crippen LogP contribution in [0, 0.1) is 28.4 Å². The third-order valence-electron chi connectivity index (χ3n) is 13.3. The van der Waals surface area contributed by atoms with Gasteiger partial charge in [0.2, 0.25) is 0 Å². The number of aryl methyl sites for hydroxylation is 1. The van der Waals surface area contributed by atoms with Gasteiger partial charge in [0.15, 0.2) is 11.5 Å². The van der Waals surface area contributed by atoms with Crippen LogP contribution in [-0.2, 0) is 6.18 Å². The minimum atomic E-state index is -4.77. The molecule has 1 amide bonds. The molecule has 65 heavy (non-hydrogen) atoms. The van der Waals surface area contributed by atoms with E-state index in [0.29, 0.717) is 70.4 Å². The third kappa shape index (κ3) is 10.1. The summed E-state index contributed by atoms with van der Waals surface area (Å²) in [6.45, 7) is 7.39. The molecule has 2 saturated heterocycles. The first-order valence-corrected chi connectivity index (χ1v) is 22.1. The normalized spacial score (nSPS) is 17.9. The van der Waals surface area contributed by atoms with Gasteiger partial charge in [-0.25, -0.2) is 14.8 Å². The second-order valence-corrected chi connectivity index (χ2v) is 18.0. The number of nitrogens with zero attached hydrogens (tertiary/aromatic N) is 6. The maximum Gasteiger partial charge on any atom is 0.416 e. The summed E-state index contributed by atoms with van der Waals surface area (Å²) >= 11 is 6.39. The number of halogens is 4. The molecule has 1 unspecified atom stereocenters. The predicted octanol–water partition coefficient (Wildman–Crippen LogP) is 8.50. The van der Waals surface area contributed by atoms with Crippen LogP contribution in [0.2, 0.25) is 5.02 Å². The van der Waals surface area contributed by atoms with E-state index in [9.17, 15) is 37.7 Å². The number of alkyl halides is 3. The molecule has 2 aromatic heterocycles. The van der Waals surface area contributed by atoms with E-state index in [-0.39, 0.29) is 28.0 Å². The Morgan fingerprint density at radius 1 is 0.985 bits per heavy atom. The average Bonchev–Trinajstić information content (AvgIpc) is 3.27. The molecule has 1 aliphatic carbocycles. The maximum atomic E-state index is 13.7. The molecule has 8 rings (SSSR count). The van der Waals surface area contributed by atoms with Gasteiger partial charge in [0.05, 0.1) is 39.9 Å². The minimum absolute atomic E-state index is 0.0766. The summed E-state index contributed by atoms with van der Waals surface area (Å²) in [4.78, 5) is 64.0. The Morgan fingerprint density at radius 2 is 1.71 bits per heavy atom. The monoisotopic (exact) mass is 918 g/mol. The molecule has 15 nitrogen and oxygen atoms in total. The highest BCUT2D eigenvalue weighted by Crippen LogP contribution is 2.47. The Bertz CT molecular complexity index is 2720. The van der Waals surface area contributed by atoms with Crippen molar-refractivity contribution in [3.63, 3.8) is 0 Å². The standard InChI is InChI=1S/C46H50ClF3N8O7/c1-27(31-20-32(46(48,49)50)23-33(21-31)58(62)63)51-42-35-24-40(39(64-3)25-37(35)52-28(2)53-42)65-34-8-15-55(16-9-34)26-29-6-11-45(12-7-29)13-18-56(19-14-45)43(60)30-4-5-36(47)38(22-30)57-17-10-41(59)54-44(57)61/h4-5,10,17,20-25,27,29,34H,6-9,11-16,18-19,26H2,1-3H3,(H,51,52,53)(H,54,59,61). The van der Waals surface area contributed by atoms with Crippen LogP contribution in [0.25, 0.3) is 16.6 Å². The summed E-state index contributed by atoms with van der Waals surface area (Å²) < 4.78 is 54.5. The van der Waals surface area contributed by atoms with E-state index >= 15 is 0 Å². The largest absolute Gasteiger partial charge is 0.493 e. The molecule has 0 radical (unpaired) electrons. The lowest BCUT2D eigenvalue weighted by Crippen LogP contribution is -2.46. The number of piperidine rings is 2. The summed E-state index contributed by atoms with van der Waals surface area (Å²) in [7, 11) is 1.55. The van der Waals surface area contributed by atoms with Crippen LogP contribution < -0.4 is 26.0 Å². The van der Waals surface area contributed by atoms with Crippen LogP contribution in [0.4, 0.5) is 24.7 Å². The second-order valence-electron chi connectivity index (χ2n) is 17.6. The highest BCUT2D eigenvalue weighted by molar-refractivity contribution is 6.32. The third-order valence-corrected chi connectivity index (χ3v) is 13.6. The molecule has 5 aromatic rings. The quantitative estimate of drug-likeness (QED) is 0.0959.